The molecule has 28 heavy (non-hydrogen) atoms. The van der Waals surface area contributed by atoms with Crippen LogP contribution in [0.4, 0.5) is 14.5 Å². The number of benzene rings is 2. The van der Waals surface area contributed by atoms with Gasteiger partial charge in [-0.2, -0.15) is 0 Å². The number of anilines is 1. The summed E-state index contributed by atoms with van der Waals surface area (Å²) in [5.41, 5.74) is 0.473. The number of carbonyl (C=O) groups is 2. The van der Waals surface area contributed by atoms with Crippen LogP contribution in [0.25, 0.3) is 6.08 Å². The Balaban J connectivity index is 1.63. The molecule has 0 aromatic heterocycles. The van der Waals surface area contributed by atoms with Gasteiger partial charge in [-0.15, -0.1) is 0 Å². The van der Waals surface area contributed by atoms with Crippen LogP contribution in [0, 0.1) is 11.6 Å². The molecule has 1 aliphatic rings. The van der Waals surface area contributed by atoms with E-state index in [1.165, 1.54) is 17.0 Å². The number of rotatable bonds is 5. The Hall–Kier alpha value is -2.78. The van der Waals surface area contributed by atoms with Crippen LogP contribution in [-0.2, 0) is 9.59 Å². The minimum Gasteiger partial charge on any atom is -0.507 e. The SMILES string of the molecule is O=C(CCN1C(=O)/C(=C/c2ccccc2O)SC1=S)Nc1cc(F)cc(F)c1. The van der Waals surface area contributed by atoms with Crippen LogP contribution in [0.15, 0.2) is 47.4 Å². The lowest BCUT2D eigenvalue weighted by molar-refractivity contribution is -0.122. The predicted octanol–water partition coefficient (Wildman–Crippen LogP) is 3.90. The summed E-state index contributed by atoms with van der Waals surface area (Å²) >= 11 is 6.27. The van der Waals surface area contributed by atoms with Gasteiger partial charge in [0.1, 0.15) is 21.7 Å². The van der Waals surface area contributed by atoms with Gasteiger partial charge in [0.05, 0.1) is 4.91 Å². The molecule has 5 nitrogen and oxygen atoms in total. The molecule has 0 atom stereocenters. The molecule has 9 heteroatoms. The quantitative estimate of drug-likeness (QED) is 0.567. The third kappa shape index (κ3) is 4.73. The van der Waals surface area contributed by atoms with E-state index in [1.807, 2.05) is 0 Å². The fourth-order valence-corrected chi connectivity index (χ4v) is 3.81. The molecule has 0 unspecified atom stereocenters. The van der Waals surface area contributed by atoms with Crippen LogP contribution in [0.1, 0.15) is 12.0 Å². The van der Waals surface area contributed by atoms with Crippen LogP contribution >= 0.6 is 24.0 Å². The fraction of sp³-hybridized carbons (Fsp3) is 0.105. The predicted molar refractivity (Wildman–Crippen MR) is 108 cm³/mol. The van der Waals surface area contributed by atoms with Gasteiger partial charge in [-0.1, -0.05) is 42.2 Å². The summed E-state index contributed by atoms with van der Waals surface area (Å²) in [5, 5.41) is 12.2. The van der Waals surface area contributed by atoms with Crippen molar-refractivity contribution in [2.75, 3.05) is 11.9 Å². The first-order valence-electron chi connectivity index (χ1n) is 8.13. The second-order valence-electron chi connectivity index (χ2n) is 5.85. The Morgan fingerprint density at radius 1 is 1.21 bits per heavy atom. The highest BCUT2D eigenvalue weighted by Crippen LogP contribution is 2.34. The molecular formula is C19H14F2N2O3S2. The lowest BCUT2D eigenvalue weighted by Gasteiger charge is -2.14. The van der Waals surface area contributed by atoms with Gasteiger partial charge in [0.2, 0.25) is 5.91 Å². The molecule has 1 saturated heterocycles. The zero-order valence-corrected chi connectivity index (χ0v) is 15.9. The zero-order valence-electron chi connectivity index (χ0n) is 14.3. The Bertz CT molecular complexity index is 975. The van der Waals surface area contributed by atoms with Gasteiger partial charge in [-0.3, -0.25) is 14.5 Å². The number of nitrogens with zero attached hydrogens (tertiary/aromatic N) is 1. The maximum absolute atomic E-state index is 13.2. The van der Waals surface area contributed by atoms with Crippen molar-refractivity contribution in [2.45, 2.75) is 6.42 Å². The first-order valence-corrected chi connectivity index (χ1v) is 9.35. The Labute approximate surface area is 169 Å². The van der Waals surface area contributed by atoms with Crippen molar-refractivity contribution in [2.24, 2.45) is 0 Å². The molecule has 2 amide bonds. The topological polar surface area (TPSA) is 69.6 Å². The normalized spacial score (nSPS) is 15.4. The summed E-state index contributed by atoms with van der Waals surface area (Å²) in [6, 6.07) is 9.25. The number of hydrogen-bond acceptors (Lipinski definition) is 5. The summed E-state index contributed by atoms with van der Waals surface area (Å²) in [6.07, 6.45) is 1.43. The highest BCUT2D eigenvalue weighted by Gasteiger charge is 2.32. The molecular weight excluding hydrogens is 406 g/mol. The lowest BCUT2D eigenvalue weighted by Crippen LogP contribution is -2.31. The van der Waals surface area contributed by atoms with Gasteiger partial charge in [0.15, 0.2) is 0 Å². The van der Waals surface area contributed by atoms with Crippen molar-refractivity contribution >= 4 is 51.9 Å². The van der Waals surface area contributed by atoms with Crippen LogP contribution in [0.3, 0.4) is 0 Å². The maximum Gasteiger partial charge on any atom is 0.266 e. The number of carbonyl (C=O) groups excluding carboxylic acids is 2. The molecule has 0 spiro atoms. The molecule has 2 aromatic carbocycles. The van der Waals surface area contributed by atoms with E-state index in [9.17, 15) is 23.5 Å². The van der Waals surface area contributed by atoms with Gasteiger partial charge in [0.25, 0.3) is 5.91 Å². The molecule has 3 rings (SSSR count). The van der Waals surface area contributed by atoms with Crippen LogP contribution in [0.5, 0.6) is 5.75 Å². The molecule has 0 bridgehead atoms. The minimum atomic E-state index is -0.804. The summed E-state index contributed by atoms with van der Waals surface area (Å²) in [4.78, 5) is 26.2. The Morgan fingerprint density at radius 2 is 1.89 bits per heavy atom. The zero-order chi connectivity index (χ0) is 20.3. The molecule has 0 radical (unpaired) electrons. The van der Waals surface area contributed by atoms with Gasteiger partial charge >= 0.3 is 0 Å². The Kier molecular flexibility index (Phi) is 6.05. The van der Waals surface area contributed by atoms with E-state index in [1.54, 1.807) is 18.2 Å². The van der Waals surface area contributed by atoms with Gasteiger partial charge in [-0.05, 0) is 24.3 Å². The highest BCUT2D eigenvalue weighted by atomic mass is 32.2. The largest absolute Gasteiger partial charge is 0.507 e. The smallest absolute Gasteiger partial charge is 0.266 e. The number of halogens is 2. The highest BCUT2D eigenvalue weighted by molar-refractivity contribution is 8.26. The van der Waals surface area contributed by atoms with Gasteiger partial charge < -0.3 is 10.4 Å². The summed E-state index contributed by atoms with van der Waals surface area (Å²) in [6.45, 7) is 0.0202. The molecule has 2 N–H and O–H groups in total. The summed E-state index contributed by atoms with van der Waals surface area (Å²) in [5.74, 6) is -2.45. The number of hydrogen-bond donors (Lipinski definition) is 2. The molecule has 2 aromatic rings. The molecule has 0 aliphatic carbocycles. The van der Waals surface area contributed by atoms with E-state index < -0.39 is 17.5 Å². The van der Waals surface area contributed by atoms with E-state index in [-0.39, 0.29) is 34.6 Å². The van der Waals surface area contributed by atoms with Crippen molar-refractivity contribution in [3.8, 4) is 5.75 Å². The first-order chi connectivity index (χ1) is 13.3. The van der Waals surface area contributed by atoms with Crippen LogP contribution in [-0.4, -0.2) is 32.7 Å². The van der Waals surface area contributed by atoms with Gasteiger partial charge in [-0.25, -0.2) is 8.78 Å². The molecule has 144 valence electrons. The second kappa shape index (κ2) is 8.49. The van der Waals surface area contributed by atoms with Crippen molar-refractivity contribution in [1.82, 2.24) is 4.90 Å². The van der Waals surface area contributed by atoms with E-state index in [2.05, 4.69) is 5.32 Å². The summed E-state index contributed by atoms with van der Waals surface area (Å²) in [7, 11) is 0. The van der Waals surface area contributed by atoms with E-state index in [0.717, 1.165) is 23.9 Å². The monoisotopic (exact) mass is 420 g/mol. The Morgan fingerprint density at radius 3 is 2.57 bits per heavy atom. The summed E-state index contributed by atoms with van der Waals surface area (Å²) < 4.78 is 26.6. The van der Waals surface area contributed by atoms with Crippen molar-refractivity contribution in [3.63, 3.8) is 0 Å². The van der Waals surface area contributed by atoms with E-state index in [0.29, 0.717) is 16.5 Å². The molecule has 1 aliphatic heterocycles. The van der Waals surface area contributed by atoms with Crippen LogP contribution < -0.4 is 5.32 Å². The number of phenols is 1. The van der Waals surface area contributed by atoms with Crippen molar-refractivity contribution in [1.29, 1.82) is 0 Å². The number of para-hydroxylation sites is 1. The number of nitrogens with one attached hydrogen (secondary N) is 1. The lowest BCUT2D eigenvalue weighted by atomic mass is 10.2. The van der Waals surface area contributed by atoms with E-state index in [4.69, 9.17) is 12.2 Å². The maximum atomic E-state index is 13.2. The van der Waals surface area contributed by atoms with Gasteiger partial charge in [0, 0.05) is 30.3 Å². The number of phenolic OH excluding ortho intramolecular Hbond substituents is 1. The standard InChI is InChI=1S/C19H14F2N2O3S2/c20-12-8-13(21)10-14(9-12)22-17(25)5-6-23-18(26)16(28-19(23)27)7-11-3-1-2-4-15(11)24/h1-4,7-10,24H,5-6H2,(H,22,25)/b16-7-. The number of aromatic hydroxyl groups is 1. The first kappa shape index (κ1) is 20.0. The number of thiocarbonyl (C=S) groups is 1. The van der Waals surface area contributed by atoms with Crippen molar-refractivity contribution < 1.29 is 23.5 Å². The van der Waals surface area contributed by atoms with Crippen molar-refractivity contribution in [3.05, 3.63) is 64.6 Å². The fourth-order valence-electron chi connectivity index (χ4n) is 2.51. The second-order valence-corrected chi connectivity index (χ2v) is 7.52. The number of amides is 2. The van der Waals surface area contributed by atoms with E-state index >= 15 is 0 Å². The third-order valence-electron chi connectivity index (χ3n) is 3.81. The van der Waals surface area contributed by atoms with Crippen LogP contribution in [0.2, 0.25) is 0 Å². The number of thioether (sulfide) groups is 1. The minimum absolute atomic E-state index is 0.00709. The average molecular weight is 420 g/mol. The average Bonchev–Trinajstić information content (AvgIpc) is 2.87. The molecule has 0 saturated carbocycles. The third-order valence-corrected chi connectivity index (χ3v) is 5.18. The molecule has 1 heterocycles. The molecule has 1 fully saturated rings.